The van der Waals surface area contributed by atoms with Crippen LogP contribution in [0.1, 0.15) is 37.8 Å². The quantitative estimate of drug-likeness (QED) is 0.933. The molecule has 0 bridgehead atoms. The molecule has 0 aromatic carbocycles. The number of carboxylic acid groups (broad SMARTS) is 1. The molecule has 3 atom stereocenters. The van der Waals surface area contributed by atoms with E-state index >= 15 is 0 Å². The highest BCUT2D eigenvalue weighted by molar-refractivity contribution is 5.74. The van der Waals surface area contributed by atoms with Crippen molar-refractivity contribution in [3.05, 3.63) is 30.2 Å². The number of carbonyl (C=O) groups is 1. The highest BCUT2D eigenvalue weighted by atomic mass is 16.5. The van der Waals surface area contributed by atoms with Gasteiger partial charge in [-0.15, -0.1) is 0 Å². The molecule has 2 fully saturated rings. The van der Waals surface area contributed by atoms with Gasteiger partial charge in [-0.2, -0.15) is 0 Å². The van der Waals surface area contributed by atoms with Crippen molar-refractivity contribution >= 4 is 5.97 Å². The van der Waals surface area contributed by atoms with Crippen LogP contribution in [0.25, 0.3) is 11.5 Å². The molecule has 1 N–H and O–H groups in total. The molecule has 0 radical (unpaired) electrons. The molecule has 1 aliphatic carbocycles. The lowest BCUT2D eigenvalue weighted by Gasteiger charge is -2.32. The summed E-state index contributed by atoms with van der Waals surface area (Å²) in [6, 6.07) is 5.40. The van der Waals surface area contributed by atoms with E-state index in [0.29, 0.717) is 30.0 Å². The van der Waals surface area contributed by atoms with Crippen LogP contribution in [-0.2, 0) is 11.3 Å². The second kappa shape index (κ2) is 5.85. The van der Waals surface area contributed by atoms with Crippen LogP contribution in [0, 0.1) is 5.92 Å². The zero-order valence-corrected chi connectivity index (χ0v) is 12.9. The van der Waals surface area contributed by atoms with E-state index in [1.807, 2.05) is 12.1 Å². The average molecular weight is 316 g/mol. The Morgan fingerprint density at radius 3 is 3.00 bits per heavy atom. The van der Waals surface area contributed by atoms with E-state index in [1.165, 1.54) is 12.8 Å². The van der Waals surface area contributed by atoms with E-state index in [0.717, 1.165) is 25.0 Å². The molecule has 2 aliphatic rings. The van der Waals surface area contributed by atoms with Gasteiger partial charge in [0.1, 0.15) is 6.04 Å². The summed E-state index contributed by atoms with van der Waals surface area (Å²) in [5.41, 5.74) is 0.758. The largest absolute Gasteiger partial charge is 0.480 e. The van der Waals surface area contributed by atoms with Gasteiger partial charge in [0.05, 0.1) is 12.0 Å². The SMILES string of the molecule is O=C(O)[C@@H]1C[C@@H]2CCCC[C@H]2N1Cc1cc(-c2ccco2)on1. The summed E-state index contributed by atoms with van der Waals surface area (Å²) in [6.45, 7) is 0.516. The number of aliphatic carboxylic acids is 1. The Labute approximate surface area is 134 Å². The summed E-state index contributed by atoms with van der Waals surface area (Å²) in [7, 11) is 0. The average Bonchev–Trinajstić information content (AvgIpc) is 3.26. The predicted octanol–water partition coefficient (Wildman–Crippen LogP) is 3.15. The molecule has 2 aromatic heterocycles. The highest BCUT2D eigenvalue weighted by Gasteiger charge is 2.45. The first-order valence-corrected chi connectivity index (χ1v) is 8.20. The molecular weight excluding hydrogens is 296 g/mol. The fraction of sp³-hybridized carbons (Fsp3) is 0.529. The van der Waals surface area contributed by atoms with E-state index in [9.17, 15) is 9.90 Å². The van der Waals surface area contributed by atoms with Gasteiger partial charge in [0.25, 0.3) is 0 Å². The normalized spacial score (nSPS) is 27.9. The van der Waals surface area contributed by atoms with E-state index in [1.54, 1.807) is 12.3 Å². The van der Waals surface area contributed by atoms with Crippen molar-refractivity contribution in [1.82, 2.24) is 10.1 Å². The molecule has 4 rings (SSSR count). The zero-order chi connectivity index (χ0) is 15.8. The molecular formula is C17H20N2O4. The number of hydrogen-bond donors (Lipinski definition) is 1. The minimum atomic E-state index is -0.728. The second-order valence-corrected chi connectivity index (χ2v) is 6.53. The van der Waals surface area contributed by atoms with Crippen molar-refractivity contribution in [2.24, 2.45) is 5.92 Å². The number of nitrogens with zero attached hydrogens (tertiary/aromatic N) is 2. The number of carboxylic acids is 1. The molecule has 3 heterocycles. The third-order valence-electron chi connectivity index (χ3n) is 5.17. The van der Waals surface area contributed by atoms with Gasteiger partial charge in [0.15, 0.2) is 5.76 Å². The number of likely N-dealkylation sites (tertiary alicyclic amines) is 1. The highest BCUT2D eigenvalue weighted by Crippen LogP contribution is 2.40. The Bertz CT molecular complexity index is 679. The Morgan fingerprint density at radius 1 is 1.35 bits per heavy atom. The van der Waals surface area contributed by atoms with Crippen LogP contribution in [0.2, 0.25) is 0 Å². The lowest BCUT2D eigenvalue weighted by Crippen LogP contribution is -2.41. The summed E-state index contributed by atoms with van der Waals surface area (Å²) >= 11 is 0. The first-order valence-electron chi connectivity index (χ1n) is 8.20. The van der Waals surface area contributed by atoms with Gasteiger partial charge >= 0.3 is 5.97 Å². The first kappa shape index (κ1) is 14.5. The lowest BCUT2D eigenvalue weighted by atomic mass is 9.85. The summed E-state index contributed by atoms with van der Waals surface area (Å²) in [6.07, 6.45) is 6.96. The van der Waals surface area contributed by atoms with Crippen LogP contribution in [0.4, 0.5) is 0 Å². The molecule has 0 spiro atoms. The van der Waals surface area contributed by atoms with Crippen molar-refractivity contribution in [2.75, 3.05) is 0 Å². The molecule has 122 valence electrons. The Kier molecular flexibility index (Phi) is 3.69. The third-order valence-corrected chi connectivity index (χ3v) is 5.17. The fourth-order valence-corrected chi connectivity index (χ4v) is 4.13. The van der Waals surface area contributed by atoms with Crippen LogP contribution in [-0.4, -0.2) is 33.2 Å². The molecule has 23 heavy (non-hydrogen) atoms. The van der Waals surface area contributed by atoms with Crippen LogP contribution in [0.5, 0.6) is 0 Å². The lowest BCUT2D eigenvalue weighted by molar-refractivity contribution is -0.142. The van der Waals surface area contributed by atoms with Crippen molar-refractivity contribution < 1.29 is 18.8 Å². The van der Waals surface area contributed by atoms with Gasteiger partial charge in [-0.1, -0.05) is 18.0 Å². The van der Waals surface area contributed by atoms with Gasteiger partial charge in [-0.25, -0.2) is 0 Å². The minimum Gasteiger partial charge on any atom is -0.480 e. The zero-order valence-electron chi connectivity index (χ0n) is 12.9. The van der Waals surface area contributed by atoms with E-state index in [4.69, 9.17) is 8.94 Å². The van der Waals surface area contributed by atoms with E-state index in [-0.39, 0.29) is 0 Å². The van der Waals surface area contributed by atoms with E-state index < -0.39 is 12.0 Å². The van der Waals surface area contributed by atoms with Crippen molar-refractivity contribution in [2.45, 2.75) is 50.7 Å². The van der Waals surface area contributed by atoms with Gasteiger partial charge in [-0.3, -0.25) is 9.69 Å². The number of furan rings is 1. The molecule has 6 heteroatoms. The summed E-state index contributed by atoms with van der Waals surface area (Å²) < 4.78 is 10.6. The van der Waals surface area contributed by atoms with E-state index in [2.05, 4.69) is 10.1 Å². The smallest absolute Gasteiger partial charge is 0.320 e. The van der Waals surface area contributed by atoms with Crippen molar-refractivity contribution in [1.29, 1.82) is 0 Å². The first-order chi connectivity index (χ1) is 11.2. The molecule has 6 nitrogen and oxygen atoms in total. The second-order valence-electron chi connectivity index (χ2n) is 6.53. The van der Waals surface area contributed by atoms with Crippen LogP contribution in [0.3, 0.4) is 0 Å². The standard InChI is InChI=1S/C17H20N2O4/c20-17(21)14-8-11-4-1-2-5-13(11)19(14)10-12-9-16(23-18-12)15-6-3-7-22-15/h3,6-7,9,11,13-14H,1-2,4-5,8,10H2,(H,20,21)/t11-,13+,14-/m0/s1. The number of hydrogen-bond acceptors (Lipinski definition) is 5. The topological polar surface area (TPSA) is 79.7 Å². The van der Waals surface area contributed by atoms with Crippen molar-refractivity contribution in [3.63, 3.8) is 0 Å². The molecule has 1 aliphatic heterocycles. The maximum absolute atomic E-state index is 11.6. The summed E-state index contributed by atoms with van der Waals surface area (Å²) in [5.74, 6) is 0.988. The molecule has 1 saturated heterocycles. The van der Waals surface area contributed by atoms with Crippen molar-refractivity contribution in [3.8, 4) is 11.5 Å². The van der Waals surface area contributed by atoms with Gasteiger partial charge < -0.3 is 14.0 Å². The van der Waals surface area contributed by atoms with Gasteiger partial charge in [0, 0.05) is 18.7 Å². The Hall–Kier alpha value is -2.08. The monoisotopic (exact) mass is 316 g/mol. The Morgan fingerprint density at radius 2 is 2.22 bits per heavy atom. The summed E-state index contributed by atoms with van der Waals surface area (Å²) in [4.78, 5) is 13.7. The van der Waals surface area contributed by atoms with Crippen LogP contribution >= 0.6 is 0 Å². The van der Waals surface area contributed by atoms with Crippen LogP contribution < -0.4 is 0 Å². The molecule has 0 unspecified atom stereocenters. The molecule has 1 saturated carbocycles. The molecule has 0 amide bonds. The Balaban J connectivity index is 1.55. The third kappa shape index (κ3) is 2.67. The predicted molar refractivity (Wildman–Crippen MR) is 81.5 cm³/mol. The fourth-order valence-electron chi connectivity index (χ4n) is 4.13. The number of rotatable bonds is 4. The van der Waals surface area contributed by atoms with Crippen LogP contribution in [0.15, 0.2) is 33.4 Å². The molecule has 2 aromatic rings. The number of fused-ring (bicyclic) bond motifs is 1. The maximum atomic E-state index is 11.6. The minimum absolute atomic E-state index is 0.355. The maximum Gasteiger partial charge on any atom is 0.320 e. The number of aromatic nitrogens is 1. The summed E-state index contributed by atoms with van der Waals surface area (Å²) in [5, 5.41) is 13.7. The van der Waals surface area contributed by atoms with Gasteiger partial charge in [0.2, 0.25) is 5.76 Å². The van der Waals surface area contributed by atoms with Gasteiger partial charge in [-0.05, 0) is 37.3 Å².